The Morgan fingerprint density at radius 2 is 1.91 bits per heavy atom. The molecule has 166 valence electrons. The highest BCUT2D eigenvalue weighted by Gasteiger charge is 2.35. The summed E-state index contributed by atoms with van der Waals surface area (Å²) in [4.78, 5) is 2.13. The summed E-state index contributed by atoms with van der Waals surface area (Å²) in [6.45, 7) is 3.55. The van der Waals surface area contributed by atoms with Gasteiger partial charge in [-0.2, -0.15) is 8.42 Å². The van der Waals surface area contributed by atoms with Gasteiger partial charge in [-0.3, -0.25) is 4.90 Å². The van der Waals surface area contributed by atoms with Gasteiger partial charge < -0.3 is 8.92 Å². The molecule has 1 atom stereocenters. The van der Waals surface area contributed by atoms with Crippen molar-refractivity contribution < 1.29 is 21.7 Å². The molecule has 2 heterocycles. The van der Waals surface area contributed by atoms with Gasteiger partial charge in [0.05, 0.1) is 7.11 Å². The molecule has 2 aliphatic rings. The van der Waals surface area contributed by atoms with Crippen molar-refractivity contribution >= 4 is 10.1 Å². The third-order valence-corrected chi connectivity index (χ3v) is 7.58. The zero-order valence-electron chi connectivity index (χ0n) is 18.0. The minimum Gasteiger partial charge on any atom is -0.493 e. The Balaban J connectivity index is 1.54. The predicted molar refractivity (Wildman–Crippen MR) is 119 cm³/mol. The molecule has 0 spiro atoms. The van der Waals surface area contributed by atoms with Crippen molar-refractivity contribution in [2.75, 3.05) is 13.7 Å². The van der Waals surface area contributed by atoms with Gasteiger partial charge in [-0.25, -0.2) is 4.39 Å². The maximum Gasteiger partial charge on any atom is 0.339 e. The lowest BCUT2D eigenvalue weighted by molar-refractivity contribution is 0.159. The first-order valence-corrected chi connectivity index (χ1v) is 12.0. The summed E-state index contributed by atoms with van der Waals surface area (Å²) in [5.41, 5.74) is 5.81. The molecule has 0 amide bonds. The monoisotopic (exact) mass is 453 g/mol. The van der Waals surface area contributed by atoms with E-state index >= 15 is 0 Å². The van der Waals surface area contributed by atoms with Crippen LogP contribution in [-0.2, 0) is 29.5 Å². The Morgan fingerprint density at radius 3 is 2.69 bits per heavy atom. The first-order chi connectivity index (χ1) is 15.4. The van der Waals surface area contributed by atoms with Crippen molar-refractivity contribution in [1.82, 2.24) is 4.90 Å². The number of halogens is 1. The number of benzene rings is 3. The van der Waals surface area contributed by atoms with Crippen molar-refractivity contribution in [3.63, 3.8) is 0 Å². The van der Waals surface area contributed by atoms with Crippen LogP contribution in [-0.4, -0.2) is 27.0 Å². The first kappa shape index (κ1) is 21.0. The zero-order chi connectivity index (χ0) is 22.5. The second-order valence-electron chi connectivity index (χ2n) is 8.37. The molecule has 2 aliphatic heterocycles. The molecular formula is C25H24FNO4S. The molecule has 0 bridgehead atoms. The number of rotatable bonds is 4. The highest BCUT2D eigenvalue weighted by Crippen LogP contribution is 2.44. The lowest BCUT2D eigenvalue weighted by Crippen LogP contribution is -2.39. The molecule has 0 aromatic heterocycles. The van der Waals surface area contributed by atoms with E-state index in [1.54, 1.807) is 6.07 Å². The maximum absolute atomic E-state index is 13.6. The smallest absolute Gasteiger partial charge is 0.339 e. The molecule has 1 unspecified atom stereocenters. The summed E-state index contributed by atoms with van der Waals surface area (Å²) in [5, 5.41) is 0. The Labute approximate surface area is 187 Å². The minimum atomic E-state index is -4.22. The summed E-state index contributed by atoms with van der Waals surface area (Å²) in [6, 6.07) is 15.4. The second kappa shape index (κ2) is 7.90. The van der Waals surface area contributed by atoms with Crippen LogP contribution in [0.15, 0.2) is 59.5 Å². The van der Waals surface area contributed by atoms with E-state index in [0.717, 1.165) is 36.6 Å². The number of methoxy groups -OCH3 is 1. The van der Waals surface area contributed by atoms with E-state index in [1.807, 2.05) is 6.07 Å². The number of aryl methyl sites for hydroxylation is 1. The summed E-state index contributed by atoms with van der Waals surface area (Å²) < 4.78 is 50.5. The molecule has 0 saturated heterocycles. The molecular weight excluding hydrogens is 429 g/mol. The third kappa shape index (κ3) is 3.65. The van der Waals surface area contributed by atoms with Gasteiger partial charge in [0.1, 0.15) is 10.7 Å². The second-order valence-corrected chi connectivity index (χ2v) is 9.92. The average molecular weight is 454 g/mol. The first-order valence-electron chi connectivity index (χ1n) is 10.6. The van der Waals surface area contributed by atoms with Crippen LogP contribution in [0.25, 0.3) is 0 Å². The molecule has 0 fully saturated rings. The van der Waals surface area contributed by atoms with E-state index in [0.29, 0.717) is 12.3 Å². The summed E-state index contributed by atoms with van der Waals surface area (Å²) in [5.74, 6) is -0.112. The van der Waals surface area contributed by atoms with Gasteiger partial charge in [-0.05, 0) is 60.7 Å². The molecule has 0 radical (unpaired) electrons. The van der Waals surface area contributed by atoms with Crippen LogP contribution in [0.5, 0.6) is 11.5 Å². The predicted octanol–water partition coefficient (Wildman–Crippen LogP) is 4.57. The van der Waals surface area contributed by atoms with Gasteiger partial charge in [-0.15, -0.1) is 0 Å². The zero-order valence-corrected chi connectivity index (χ0v) is 18.8. The fraction of sp³-hybridized carbons (Fsp3) is 0.280. The molecule has 3 aromatic carbocycles. The molecule has 32 heavy (non-hydrogen) atoms. The van der Waals surface area contributed by atoms with Gasteiger partial charge in [0, 0.05) is 24.7 Å². The fourth-order valence-corrected chi connectivity index (χ4v) is 5.78. The van der Waals surface area contributed by atoms with Gasteiger partial charge in [0.2, 0.25) is 0 Å². The molecule has 0 saturated carbocycles. The molecule has 5 rings (SSSR count). The van der Waals surface area contributed by atoms with Crippen LogP contribution in [0, 0.1) is 12.7 Å². The van der Waals surface area contributed by atoms with Crippen molar-refractivity contribution in [2.24, 2.45) is 0 Å². The fourth-order valence-electron chi connectivity index (χ4n) is 4.78. The minimum absolute atomic E-state index is 0.183. The Hall–Kier alpha value is -2.90. The van der Waals surface area contributed by atoms with E-state index in [9.17, 15) is 12.8 Å². The number of hydrogen-bond donors (Lipinski definition) is 0. The normalized spacial score (nSPS) is 17.8. The van der Waals surface area contributed by atoms with Crippen molar-refractivity contribution in [3.8, 4) is 11.5 Å². The average Bonchev–Trinajstić information content (AvgIpc) is 2.77. The topological polar surface area (TPSA) is 55.8 Å². The van der Waals surface area contributed by atoms with Gasteiger partial charge >= 0.3 is 10.1 Å². The Morgan fingerprint density at radius 1 is 1.06 bits per heavy atom. The molecule has 5 nitrogen and oxygen atoms in total. The lowest BCUT2D eigenvalue weighted by atomic mass is 9.83. The third-order valence-electron chi connectivity index (χ3n) is 6.36. The highest BCUT2D eigenvalue weighted by molar-refractivity contribution is 7.87. The molecule has 3 aromatic rings. The highest BCUT2D eigenvalue weighted by atomic mass is 32.2. The lowest BCUT2D eigenvalue weighted by Gasteiger charge is -2.42. The summed E-state index contributed by atoms with van der Waals surface area (Å²) >= 11 is 0. The number of nitrogens with zero attached hydrogens (tertiary/aromatic N) is 1. The number of hydrogen-bond acceptors (Lipinski definition) is 5. The summed E-state index contributed by atoms with van der Waals surface area (Å²) in [7, 11) is -2.74. The van der Waals surface area contributed by atoms with Crippen molar-refractivity contribution in [2.45, 2.75) is 37.2 Å². The standard InChI is InChI=1S/C25H24FNO4S/c1-16-6-8-21-18(12-16)10-11-27-15-22-17(13-23(21)27)7-9-24(30-2)25(22)31-32(28,29)20-5-3-4-19(26)14-20/h3-9,12,14,23H,10-11,13,15H2,1-2H3. The van der Waals surface area contributed by atoms with E-state index in [4.69, 9.17) is 8.92 Å². The largest absolute Gasteiger partial charge is 0.493 e. The maximum atomic E-state index is 13.6. The van der Waals surface area contributed by atoms with Crippen LogP contribution < -0.4 is 8.92 Å². The molecule has 7 heteroatoms. The molecule has 0 N–H and O–H groups in total. The van der Waals surface area contributed by atoms with Gasteiger partial charge in [0.25, 0.3) is 0 Å². The quantitative estimate of drug-likeness (QED) is 0.542. The van der Waals surface area contributed by atoms with E-state index in [-0.39, 0.29) is 16.7 Å². The van der Waals surface area contributed by atoms with E-state index in [1.165, 1.54) is 42.0 Å². The Bertz CT molecular complexity index is 1310. The number of ether oxygens (including phenoxy) is 1. The van der Waals surface area contributed by atoms with E-state index in [2.05, 4.69) is 30.0 Å². The van der Waals surface area contributed by atoms with Crippen molar-refractivity contribution in [1.29, 1.82) is 0 Å². The number of fused-ring (bicyclic) bond motifs is 4. The van der Waals surface area contributed by atoms with Crippen molar-refractivity contribution in [3.05, 3.63) is 88.2 Å². The molecule has 0 aliphatic carbocycles. The van der Waals surface area contributed by atoms with Gasteiger partial charge in [-0.1, -0.05) is 35.9 Å². The SMILES string of the molecule is COc1ccc2c(c1OS(=O)(=O)c1cccc(F)c1)CN1CCc3cc(C)ccc3C1C2. The van der Waals surface area contributed by atoms with Crippen LogP contribution in [0.3, 0.4) is 0 Å². The Kier molecular flexibility index (Phi) is 5.18. The van der Waals surface area contributed by atoms with Crippen LogP contribution in [0.1, 0.15) is 33.9 Å². The van der Waals surface area contributed by atoms with Crippen LogP contribution in [0.4, 0.5) is 4.39 Å². The van der Waals surface area contributed by atoms with Gasteiger partial charge in [0.15, 0.2) is 11.5 Å². The van der Waals surface area contributed by atoms with E-state index < -0.39 is 15.9 Å². The van der Waals surface area contributed by atoms with Crippen LogP contribution >= 0.6 is 0 Å². The van der Waals surface area contributed by atoms with Crippen LogP contribution in [0.2, 0.25) is 0 Å². The summed E-state index contributed by atoms with van der Waals surface area (Å²) in [6.07, 6.45) is 1.70.